The van der Waals surface area contributed by atoms with E-state index in [1.807, 2.05) is 0 Å². The van der Waals surface area contributed by atoms with Crippen LogP contribution in [-0.4, -0.2) is 43.7 Å². The lowest BCUT2D eigenvalue weighted by atomic mass is 9.93. The predicted octanol–water partition coefficient (Wildman–Crippen LogP) is 1.13. The standard InChI is InChI=1S/C16H20FN5O3/c1-10-19-20-21-22(10)13(8-11-5-4-6-12(17)7-11)14(23)18-9-16(2,3)15(24)25/h4-7,13H,8-9H2,1-3H3,(H,18,23)(H,24,25). The monoisotopic (exact) mass is 349 g/mol. The fraction of sp³-hybridized carbons (Fsp3) is 0.438. The van der Waals surface area contributed by atoms with Crippen LogP contribution < -0.4 is 5.32 Å². The zero-order valence-electron chi connectivity index (χ0n) is 14.2. The summed E-state index contributed by atoms with van der Waals surface area (Å²) < 4.78 is 14.8. The number of aryl methyl sites for hydroxylation is 1. The van der Waals surface area contributed by atoms with Gasteiger partial charge in [0, 0.05) is 13.0 Å². The maximum absolute atomic E-state index is 13.4. The molecule has 0 saturated heterocycles. The van der Waals surface area contributed by atoms with Gasteiger partial charge < -0.3 is 10.4 Å². The molecule has 134 valence electrons. The van der Waals surface area contributed by atoms with Crippen molar-refractivity contribution in [2.45, 2.75) is 33.2 Å². The maximum atomic E-state index is 13.4. The first-order chi connectivity index (χ1) is 11.7. The Balaban J connectivity index is 2.21. The molecule has 8 nitrogen and oxygen atoms in total. The highest BCUT2D eigenvalue weighted by molar-refractivity contribution is 5.82. The van der Waals surface area contributed by atoms with E-state index in [1.54, 1.807) is 19.1 Å². The number of hydrogen-bond donors (Lipinski definition) is 2. The average molecular weight is 349 g/mol. The minimum absolute atomic E-state index is 0.0536. The van der Waals surface area contributed by atoms with Crippen LogP contribution in [-0.2, 0) is 16.0 Å². The molecule has 1 atom stereocenters. The second-order valence-electron chi connectivity index (χ2n) is 6.43. The average Bonchev–Trinajstić information content (AvgIpc) is 2.96. The van der Waals surface area contributed by atoms with Gasteiger partial charge in [0.25, 0.3) is 0 Å². The molecular weight excluding hydrogens is 329 g/mol. The van der Waals surface area contributed by atoms with Gasteiger partial charge in [-0.25, -0.2) is 9.07 Å². The number of aromatic nitrogens is 4. The summed E-state index contributed by atoms with van der Waals surface area (Å²) in [7, 11) is 0. The fourth-order valence-corrected chi connectivity index (χ4v) is 2.21. The van der Waals surface area contributed by atoms with Crippen molar-refractivity contribution in [3.63, 3.8) is 0 Å². The molecule has 9 heteroatoms. The van der Waals surface area contributed by atoms with Gasteiger partial charge in [-0.1, -0.05) is 12.1 Å². The number of nitrogens with one attached hydrogen (secondary N) is 1. The van der Waals surface area contributed by atoms with Gasteiger partial charge in [0.05, 0.1) is 5.41 Å². The Morgan fingerprint density at radius 1 is 1.40 bits per heavy atom. The molecule has 0 spiro atoms. The molecule has 1 unspecified atom stereocenters. The first-order valence-corrected chi connectivity index (χ1v) is 7.71. The van der Waals surface area contributed by atoms with E-state index in [9.17, 15) is 14.0 Å². The number of halogens is 1. The van der Waals surface area contributed by atoms with Crippen LogP contribution in [0.2, 0.25) is 0 Å². The number of tetrazole rings is 1. The van der Waals surface area contributed by atoms with E-state index in [2.05, 4.69) is 20.8 Å². The zero-order chi connectivity index (χ0) is 18.6. The van der Waals surface area contributed by atoms with Crippen LogP contribution in [0, 0.1) is 18.2 Å². The van der Waals surface area contributed by atoms with Crippen molar-refractivity contribution in [1.82, 2.24) is 25.5 Å². The van der Waals surface area contributed by atoms with Crippen LogP contribution in [0.5, 0.6) is 0 Å². The first kappa shape index (κ1) is 18.5. The lowest BCUT2D eigenvalue weighted by Gasteiger charge is -2.22. The Morgan fingerprint density at radius 2 is 2.12 bits per heavy atom. The molecule has 0 saturated carbocycles. The highest BCUT2D eigenvalue weighted by Crippen LogP contribution is 2.18. The van der Waals surface area contributed by atoms with Crippen LogP contribution >= 0.6 is 0 Å². The predicted molar refractivity (Wildman–Crippen MR) is 86.1 cm³/mol. The van der Waals surface area contributed by atoms with Crippen LogP contribution in [0.4, 0.5) is 4.39 Å². The number of carboxylic acid groups (broad SMARTS) is 1. The number of amides is 1. The number of aliphatic carboxylic acids is 1. The number of nitrogens with zero attached hydrogens (tertiary/aromatic N) is 4. The quantitative estimate of drug-likeness (QED) is 0.775. The molecule has 0 fully saturated rings. The third kappa shape index (κ3) is 4.59. The summed E-state index contributed by atoms with van der Waals surface area (Å²) in [6.07, 6.45) is 0.170. The maximum Gasteiger partial charge on any atom is 0.310 e. The molecule has 0 aliphatic heterocycles. The lowest BCUT2D eigenvalue weighted by molar-refractivity contribution is -0.146. The molecule has 1 aromatic heterocycles. The lowest BCUT2D eigenvalue weighted by Crippen LogP contribution is -2.42. The van der Waals surface area contributed by atoms with Crippen molar-refractivity contribution in [2.24, 2.45) is 5.41 Å². The van der Waals surface area contributed by atoms with Crippen LogP contribution in [0.15, 0.2) is 24.3 Å². The number of benzene rings is 1. The Labute approximate surface area is 144 Å². The van der Waals surface area contributed by atoms with Gasteiger partial charge in [-0.3, -0.25) is 9.59 Å². The number of carbonyl (C=O) groups excluding carboxylic acids is 1. The Kier molecular flexibility index (Phi) is 5.45. The van der Waals surface area contributed by atoms with Crippen molar-refractivity contribution in [3.8, 4) is 0 Å². The fourth-order valence-electron chi connectivity index (χ4n) is 2.21. The van der Waals surface area contributed by atoms with Gasteiger partial charge in [0.2, 0.25) is 5.91 Å². The van der Waals surface area contributed by atoms with Gasteiger partial charge in [-0.05, 0) is 48.9 Å². The van der Waals surface area contributed by atoms with Gasteiger partial charge >= 0.3 is 5.97 Å². The van der Waals surface area contributed by atoms with Gasteiger partial charge in [-0.15, -0.1) is 5.10 Å². The molecule has 1 aromatic carbocycles. The topological polar surface area (TPSA) is 110 Å². The first-order valence-electron chi connectivity index (χ1n) is 7.71. The highest BCUT2D eigenvalue weighted by Gasteiger charge is 2.30. The highest BCUT2D eigenvalue weighted by atomic mass is 19.1. The normalized spacial score (nSPS) is 12.6. The summed E-state index contributed by atoms with van der Waals surface area (Å²) in [5, 5.41) is 22.9. The van der Waals surface area contributed by atoms with Crippen molar-refractivity contribution < 1.29 is 19.1 Å². The van der Waals surface area contributed by atoms with Crippen LogP contribution in [0.1, 0.15) is 31.3 Å². The van der Waals surface area contributed by atoms with Crippen molar-refractivity contribution in [2.75, 3.05) is 6.54 Å². The molecule has 0 radical (unpaired) electrons. The molecule has 2 aromatic rings. The second kappa shape index (κ2) is 7.37. The molecule has 0 bridgehead atoms. The zero-order valence-corrected chi connectivity index (χ0v) is 14.2. The molecule has 1 heterocycles. The molecule has 0 aliphatic carbocycles. The van der Waals surface area contributed by atoms with Crippen molar-refractivity contribution in [3.05, 3.63) is 41.5 Å². The Bertz CT molecular complexity index is 775. The van der Waals surface area contributed by atoms with Gasteiger partial charge in [0.1, 0.15) is 17.7 Å². The molecule has 2 N–H and O–H groups in total. The number of rotatable bonds is 7. The Morgan fingerprint density at radius 3 is 2.68 bits per heavy atom. The van der Waals surface area contributed by atoms with E-state index >= 15 is 0 Å². The van der Waals surface area contributed by atoms with E-state index in [1.165, 1.54) is 30.7 Å². The molecule has 2 rings (SSSR count). The minimum Gasteiger partial charge on any atom is -0.481 e. The summed E-state index contributed by atoms with van der Waals surface area (Å²) in [5.41, 5.74) is -0.512. The molecular formula is C16H20FN5O3. The van der Waals surface area contributed by atoms with E-state index in [0.717, 1.165) is 0 Å². The van der Waals surface area contributed by atoms with E-state index < -0.39 is 29.2 Å². The van der Waals surface area contributed by atoms with Gasteiger partial charge in [0.15, 0.2) is 0 Å². The SMILES string of the molecule is Cc1nnnn1C(Cc1cccc(F)c1)C(=O)NCC(C)(C)C(=O)O. The third-order valence-corrected chi connectivity index (χ3v) is 3.86. The summed E-state index contributed by atoms with van der Waals surface area (Å²) in [5.74, 6) is -1.44. The summed E-state index contributed by atoms with van der Waals surface area (Å²) in [6, 6.07) is 5.09. The molecule has 25 heavy (non-hydrogen) atoms. The van der Waals surface area contributed by atoms with E-state index in [4.69, 9.17) is 5.11 Å². The number of hydrogen-bond acceptors (Lipinski definition) is 5. The third-order valence-electron chi connectivity index (χ3n) is 3.86. The summed E-state index contributed by atoms with van der Waals surface area (Å²) >= 11 is 0. The second-order valence-corrected chi connectivity index (χ2v) is 6.43. The van der Waals surface area contributed by atoms with Gasteiger partial charge in [-0.2, -0.15) is 0 Å². The Hall–Kier alpha value is -2.84. The number of carbonyl (C=O) groups is 2. The van der Waals surface area contributed by atoms with Crippen molar-refractivity contribution >= 4 is 11.9 Å². The van der Waals surface area contributed by atoms with E-state index in [-0.39, 0.29) is 13.0 Å². The number of carboxylic acids is 1. The van der Waals surface area contributed by atoms with Crippen LogP contribution in [0.25, 0.3) is 0 Å². The van der Waals surface area contributed by atoms with E-state index in [0.29, 0.717) is 11.4 Å². The summed E-state index contributed by atoms with van der Waals surface area (Å²) in [6.45, 7) is 4.62. The molecule has 1 amide bonds. The minimum atomic E-state index is -1.12. The largest absolute Gasteiger partial charge is 0.481 e. The van der Waals surface area contributed by atoms with Crippen LogP contribution in [0.3, 0.4) is 0 Å². The van der Waals surface area contributed by atoms with Crippen molar-refractivity contribution in [1.29, 1.82) is 0 Å². The smallest absolute Gasteiger partial charge is 0.310 e. The summed E-state index contributed by atoms with van der Waals surface area (Å²) in [4.78, 5) is 23.8. The molecule has 0 aliphatic rings.